The van der Waals surface area contributed by atoms with Gasteiger partial charge in [0.05, 0.1) is 57.0 Å². The molecular formula is C80H99Cl2LiN6O19. The second-order valence-electron chi connectivity index (χ2n) is 29.7. The van der Waals surface area contributed by atoms with Crippen LogP contribution < -0.4 is 29.5 Å². The number of fused-ring (bicyclic) bond motifs is 4. The quantitative estimate of drug-likeness (QED) is 0.0341. The summed E-state index contributed by atoms with van der Waals surface area (Å²) >= 11 is 11.8. The number of carboxylic acids is 3. The molecule has 4 aliphatic rings. The Kier molecular flexibility index (Phi) is 32.5. The van der Waals surface area contributed by atoms with Crippen LogP contribution in [-0.4, -0.2) is 142 Å². The largest absolute Gasteiger partial charge is 1.00 e. The van der Waals surface area contributed by atoms with Crippen molar-refractivity contribution in [3.05, 3.63) is 211 Å². The average molecular weight is 1530 g/mol. The first-order valence-corrected chi connectivity index (χ1v) is 35.0. The molecule has 28 heteroatoms. The summed E-state index contributed by atoms with van der Waals surface area (Å²) in [5.74, 6) is -4.37. The second-order valence-corrected chi connectivity index (χ2v) is 30.5. The van der Waals surface area contributed by atoms with Crippen LogP contribution in [0, 0.1) is 0 Å². The maximum atomic E-state index is 13.0. The molecule has 10 rings (SSSR count). The van der Waals surface area contributed by atoms with Gasteiger partial charge < -0.3 is 55.1 Å². The summed E-state index contributed by atoms with van der Waals surface area (Å²) in [6.45, 7) is 23.0. The fourth-order valence-corrected chi connectivity index (χ4v) is 12.5. The van der Waals surface area contributed by atoms with Crippen LogP contribution in [0.2, 0.25) is 10.0 Å². The molecule has 578 valence electrons. The third-order valence-electron chi connectivity index (χ3n) is 16.7. The van der Waals surface area contributed by atoms with Crippen molar-refractivity contribution in [3.8, 4) is 0 Å². The molecule has 108 heavy (non-hydrogen) atoms. The van der Waals surface area contributed by atoms with Crippen molar-refractivity contribution in [2.75, 3.05) is 7.11 Å². The number of aliphatic carboxylic acids is 3. The van der Waals surface area contributed by atoms with Crippen molar-refractivity contribution < 1.29 is 113 Å². The first-order valence-electron chi connectivity index (χ1n) is 35.3. The molecule has 0 aliphatic carbocycles. The van der Waals surface area contributed by atoms with Crippen LogP contribution in [0.15, 0.2) is 146 Å². The molecular weight excluding hydrogens is 1430 g/mol. The Morgan fingerprint density at radius 2 is 0.667 bits per heavy atom. The molecule has 4 aliphatic heterocycles. The van der Waals surface area contributed by atoms with E-state index >= 15 is 0 Å². The van der Waals surface area contributed by atoms with Gasteiger partial charge in [-0.25, -0.2) is 28.8 Å². The van der Waals surface area contributed by atoms with Gasteiger partial charge in [-0.3, -0.25) is 38.8 Å². The molecule has 0 fully saturated rings. The van der Waals surface area contributed by atoms with E-state index in [1.807, 2.05) is 97.1 Å². The molecule has 6 N–H and O–H groups in total. The number of esters is 1. The van der Waals surface area contributed by atoms with E-state index in [0.717, 1.165) is 55.6 Å². The monoisotopic (exact) mass is 1530 g/mol. The number of benzene rings is 6. The Bertz CT molecular complexity index is 4030. The van der Waals surface area contributed by atoms with Crippen LogP contribution in [0.3, 0.4) is 0 Å². The second kappa shape index (κ2) is 39.5. The van der Waals surface area contributed by atoms with Gasteiger partial charge in [-0.2, -0.15) is 0 Å². The first kappa shape index (κ1) is 89.0. The predicted octanol–water partition coefficient (Wildman–Crippen LogP) is 12.1. The smallest absolute Gasteiger partial charge is 0.870 e. The molecule has 0 spiro atoms. The third-order valence-corrected chi connectivity index (χ3v) is 17.2. The summed E-state index contributed by atoms with van der Waals surface area (Å²) in [5, 5.41) is 34.2. The van der Waals surface area contributed by atoms with E-state index in [4.69, 9.17) is 58.5 Å². The normalized spacial score (nSPS) is 16.4. The molecule has 6 aromatic rings. The van der Waals surface area contributed by atoms with Gasteiger partial charge in [0.25, 0.3) is 0 Å². The van der Waals surface area contributed by atoms with Crippen LogP contribution >= 0.6 is 23.2 Å². The molecule has 4 unspecified atom stereocenters. The SMILES string of the molecule is CC(C)(C)OC(=O)N1Cc2ccccc2C1CC(=O)N[C@H](Cc1ccc(Cl)cc1)C(=O)O.CC(C)(C)OC(=O)N1Cc2ccccc2C1CC(=O)O.CC(C)(C)OC(=O)N1Cc2ccccc2C1CC(=O)O.COC(=O)[C@@H](Cc1ccc(Cl)cc1)NC(=O)CC1c2ccccc2CN1C(=O)OC(C)(C)C.[2H]C.[Li+].[OH-]. The van der Waals surface area contributed by atoms with Crippen LogP contribution in [0.5, 0.6) is 0 Å². The van der Waals surface area contributed by atoms with Gasteiger partial charge in [-0.05, 0) is 163 Å². The van der Waals surface area contributed by atoms with Crippen LogP contribution in [0.4, 0.5) is 19.2 Å². The zero-order valence-corrected chi connectivity index (χ0v) is 65.4. The minimum atomic E-state index is -1.14. The molecule has 4 heterocycles. The van der Waals surface area contributed by atoms with Crippen molar-refractivity contribution in [3.63, 3.8) is 0 Å². The standard InChI is InChI=1S/C25H29ClN2O5.C24H27ClN2O5.2C15H19NO4.CH4.Li.H2O/c1-25(2,3)33-24(31)28-15-17-7-5-6-8-19(17)21(28)14-22(29)27-20(23(30)32-4)13-16-9-11-18(26)12-10-16;1-24(2,3)32-23(31)27-14-16-6-4-5-7-18(16)20(27)13-21(28)26-19(22(29)30)12-15-8-10-17(25)11-9-15;2*1-15(2,3)20-14(19)16-9-10-6-4-5-7-11(10)12(16)8-13(17)18;;;/h5-12,20-21H,13-15H2,1-4H3,(H,27,29);4-11,19-20H,12-14H2,1-3H3,(H,26,28)(H,29,30);2*4-7,12H,8-9H2,1-3H3,(H,17,18);1H4;;1H2/q;;;;;+1;/p-1/t20-,21?;19-,20?;;;;;/m11...../s1/i;;;;1D;;. The zero-order valence-electron chi connectivity index (χ0n) is 64.8. The van der Waals surface area contributed by atoms with E-state index in [9.17, 15) is 53.1 Å². The minimum absolute atomic E-state index is 0. The number of carboxylic acid groups (broad SMARTS) is 3. The number of hydrogen-bond acceptors (Lipinski definition) is 16. The number of rotatable bonds is 16. The number of nitrogens with zero attached hydrogens (tertiary/aromatic N) is 4. The molecule has 0 bridgehead atoms. The van der Waals surface area contributed by atoms with Crippen LogP contribution in [-0.2, 0) is 91.5 Å². The van der Waals surface area contributed by atoms with Gasteiger partial charge in [0, 0.05) is 50.4 Å². The topological polar surface area (TPSA) is 345 Å². The van der Waals surface area contributed by atoms with Crippen molar-refractivity contribution >= 4 is 83.3 Å². The molecule has 6 aromatic carbocycles. The zero-order chi connectivity index (χ0) is 79.5. The van der Waals surface area contributed by atoms with Crippen molar-refractivity contribution in [2.24, 2.45) is 0 Å². The van der Waals surface area contributed by atoms with Gasteiger partial charge >= 0.3 is 67.1 Å². The Hall–Kier alpha value is -9.64. The van der Waals surface area contributed by atoms with E-state index in [1.54, 1.807) is 137 Å². The minimum Gasteiger partial charge on any atom is -0.870 e. The summed E-state index contributed by atoms with van der Waals surface area (Å²) in [6.07, 6.45) is -1.87. The van der Waals surface area contributed by atoms with E-state index in [2.05, 4.69) is 10.6 Å². The van der Waals surface area contributed by atoms with Crippen molar-refractivity contribution in [2.45, 2.75) is 214 Å². The molecule has 6 amide bonds. The summed E-state index contributed by atoms with van der Waals surface area (Å²) in [5.41, 5.74) is 6.43. The van der Waals surface area contributed by atoms with Crippen molar-refractivity contribution in [1.82, 2.24) is 30.2 Å². The summed E-state index contributed by atoms with van der Waals surface area (Å²) in [6, 6.07) is 40.1. The fourth-order valence-electron chi connectivity index (χ4n) is 12.2. The Morgan fingerprint density at radius 3 is 0.907 bits per heavy atom. The maximum absolute atomic E-state index is 13.0. The molecule has 0 aromatic heterocycles. The third kappa shape index (κ3) is 26.9. The number of hydrogen-bond donors (Lipinski definition) is 5. The van der Waals surface area contributed by atoms with Gasteiger partial charge in [0.1, 0.15) is 34.5 Å². The number of halogens is 2. The Morgan fingerprint density at radius 1 is 0.426 bits per heavy atom. The van der Waals surface area contributed by atoms with Crippen LogP contribution in [0.1, 0.15) is 197 Å². The van der Waals surface area contributed by atoms with E-state index < -0.39 is 113 Å². The number of carbonyl (C=O) groups excluding carboxylic acids is 7. The average Bonchev–Trinajstić information content (AvgIpc) is 1.66. The first-order chi connectivity index (χ1) is 50.2. The maximum Gasteiger partial charge on any atom is 1.00 e. The van der Waals surface area contributed by atoms with E-state index in [-0.39, 0.29) is 68.8 Å². The van der Waals surface area contributed by atoms with Crippen LogP contribution in [0.25, 0.3) is 0 Å². The number of ether oxygens (including phenoxy) is 5. The summed E-state index contributed by atoms with van der Waals surface area (Å²) < 4.78 is 32.4. The Labute approximate surface area is 654 Å². The summed E-state index contributed by atoms with van der Waals surface area (Å²) in [7, 11) is 2.53. The Balaban J connectivity index is 0.000000310. The van der Waals surface area contributed by atoms with E-state index in [1.165, 1.54) is 29.2 Å². The van der Waals surface area contributed by atoms with Gasteiger partial charge in [0.15, 0.2) is 0 Å². The van der Waals surface area contributed by atoms with Gasteiger partial charge in [-0.1, -0.05) is 152 Å². The number of nitrogens with one attached hydrogen (secondary N) is 2. The van der Waals surface area contributed by atoms with Crippen molar-refractivity contribution in [1.29, 1.82) is 0 Å². The number of carbonyl (C=O) groups is 10. The molecule has 0 radical (unpaired) electrons. The molecule has 0 saturated carbocycles. The van der Waals surface area contributed by atoms with Gasteiger partial charge in [-0.15, -0.1) is 0 Å². The summed E-state index contributed by atoms with van der Waals surface area (Å²) in [4.78, 5) is 128. The molecule has 6 atom stereocenters. The fraction of sp³-hybridized carbons (Fsp3) is 0.425. The van der Waals surface area contributed by atoms with E-state index in [0.29, 0.717) is 36.2 Å². The molecule has 0 saturated heterocycles. The molecule has 25 nitrogen and oxygen atoms in total. The predicted molar refractivity (Wildman–Crippen MR) is 400 cm³/mol. The van der Waals surface area contributed by atoms with Gasteiger partial charge in [0.2, 0.25) is 11.8 Å². The number of amides is 6. The number of methoxy groups -OCH3 is 1.